The normalized spacial score (nSPS) is 11.6. The Morgan fingerprint density at radius 2 is 2.04 bits per heavy atom. The van der Waals surface area contributed by atoms with E-state index >= 15 is 0 Å². The van der Waals surface area contributed by atoms with E-state index in [0.29, 0.717) is 6.54 Å². The van der Waals surface area contributed by atoms with Crippen LogP contribution in [0.1, 0.15) is 11.4 Å². The Balaban J connectivity index is 2.23. The van der Waals surface area contributed by atoms with Gasteiger partial charge < -0.3 is 0 Å². The van der Waals surface area contributed by atoms with E-state index in [1.54, 1.807) is 10.6 Å². The van der Waals surface area contributed by atoms with Crippen LogP contribution < -0.4 is 5.56 Å². The molecule has 0 aliphatic rings. The first-order valence-corrected chi connectivity index (χ1v) is 9.13. The SMILES string of the molecule is C=CCn1c(C)nc2c([se]c3nc4ccccc4c(C)c32)c1=O. The number of nitrogens with zero attached hydrogens (tertiary/aromatic N) is 3. The first kappa shape index (κ1) is 14.4. The zero-order valence-electron chi connectivity index (χ0n) is 13.0. The van der Waals surface area contributed by atoms with E-state index in [4.69, 9.17) is 9.97 Å². The molecule has 0 N–H and O–H groups in total. The maximum absolute atomic E-state index is 12.8. The molecule has 5 heteroatoms. The second kappa shape index (κ2) is 5.15. The van der Waals surface area contributed by atoms with E-state index in [9.17, 15) is 4.79 Å². The molecule has 0 spiro atoms. The first-order valence-electron chi connectivity index (χ1n) is 7.41. The van der Waals surface area contributed by atoms with Crippen LogP contribution in [0.15, 0.2) is 41.7 Å². The minimum atomic E-state index is -0.0971. The molecular weight excluding hydrogens is 353 g/mol. The molecule has 4 aromatic rings. The maximum atomic E-state index is 12.8. The van der Waals surface area contributed by atoms with Gasteiger partial charge in [-0.1, -0.05) is 0 Å². The third kappa shape index (κ3) is 2.01. The van der Waals surface area contributed by atoms with Crippen molar-refractivity contribution in [3.8, 4) is 0 Å². The average molecular weight is 368 g/mol. The first-order chi connectivity index (χ1) is 11.1. The monoisotopic (exact) mass is 369 g/mol. The molecule has 0 aliphatic heterocycles. The molecule has 0 radical (unpaired) electrons. The fourth-order valence-corrected chi connectivity index (χ4v) is 5.42. The van der Waals surface area contributed by atoms with Gasteiger partial charge in [-0.3, -0.25) is 0 Å². The fraction of sp³-hybridized carbons (Fsp3) is 0.167. The summed E-state index contributed by atoms with van der Waals surface area (Å²) in [4.78, 5) is 22.3. The van der Waals surface area contributed by atoms with Gasteiger partial charge in [0, 0.05) is 0 Å². The summed E-state index contributed by atoms with van der Waals surface area (Å²) in [6, 6.07) is 8.12. The van der Waals surface area contributed by atoms with Gasteiger partial charge in [-0.25, -0.2) is 0 Å². The van der Waals surface area contributed by atoms with Gasteiger partial charge in [-0.2, -0.15) is 0 Å². The van der Waals surface area contributed by atoms with E-state index in [-0.39, 0.29) is 20.1 Å². The number of pyridine rings is 1. The molecule has 0 unspecified atom stereocenters. The summed E-state index contributed by atoms with van der Waals surface area (Å²) in [7, 11) is 0. The number of benzene rings is 1. The van der Waals surface area contributed by atoms with E-state index in [1.165, 1.54) is 5.56 Å². The number of aromatic nitrogens is 3. The van der Waals surface area contributed by atoms with Gasteiger partial charge in [-0.15, -0.1) is 0 Å². The molecule has 3 heterocycles. The van der Waals surface area contributed by atoms with Crippen molar-refractivity contribution >= 4 is 45.0 Å². The molecule has 4 rings (SSSR count). The molecule has 114 valence electrons. The van der Waals surface area contributed by atoms with Crippen LogP contribution in [0.4, 0.5) is 0 Å². The van der Waals surface area contributed by atoms with Gasteiger partial charge in [0.05, 0.1) is 0 Å². The van der Waals surface area contributed by atoms with E-state index in [2.05, 4.69) is 19.6 Å². The summed E-state index contributed by atoms with van der Waals surface area (Å²) in [5.41, 5.74) is 3.04. The predicted octanol–water partition coefficient (Wildman–Crippen LogP) is 2.96. The molecule has 0 bridgehead atoms. The topological polar surface area (TPSA) is 47.8 Å². The van der Waals surface area contributed by atoms with Crippen molar-refractivity contribution in [2.24, 2.45) is 0 Å². The third-order valence-electron chi connectivity index (χ3n) is 4.18. The second-order valence-electron chi connectivity index (χ2n) is 5.58. The summed E-state index contributed by atoms with van der Waals surface area (Å²) >= 11 is -0.0971. The molecule has 3 aromatic heterocycles. The molecule has 0 saturated heterocycles. The van der Waals surface area contributed by atoms with Crippen LogP contribution in [0.5, 0.6) is 0 Å². The van der Waals surface area contributed by atoms with Gasteiger partial charge in [-0.05, 0) is 0 Å². The van der Waals surface area contributed by atoms with Crippen molar-refractivity contribution in [1.82, 2.24) is 14.5 Å². The molecule has 0 saturated carbocycles. The van der Waals surface area contributed by atoms with Crippen LogP contribution in [0.25, 0.3) is 30.5 Å². The molecular formula is C18H15N3OSe. The van der Waals surface area contributed by atoms with Crippen molar-refractivity contribution in [1.29, 1.82) is 0 Å². The van der Waals surface area contributed by atoms with Gasteiger partial charge in [0.15, 0.2) is 0 Å². The number of allylic oxidation sites excluding steroid dienone is 1. The Bertz CT molecular complexity index is 1150. The number of hydrogen-bond acceptors (Lipinski definition) is 3. The number of rotatable bonds is 2. The van der Waals surface area contributed by atoms with Gasteiger partial charge >= 0.3 is 139 Å². The zero-order chi connectivity index (χ0) is 16.1. The van der Waals surface area contributed by atoms with Crippen LogP contribution in [-0.4, -0.2) is 29.0 Å². The summed E-state index contributed by atoms with van der Waals surface area (Å²) in [6.07, 6.45) is 1.73. The Hall–Kier alpha value is -2.23. The summed E-state index contributed by atoms with van der Waals surface area (Å²) in [5.74, 6) is 0.727. The minimum absolute atomic E-state index is 0.0499. The third-order valence-corrected chi connectivity index (χ3v) is 6.41. The van der Waals surface area contributed by atoms with Crippen molar-refractivity contribution in [3.05, 3.63) is 58.7 Å². The fourth-order valence-electron chi connectivity index (χ4n) is 3.05. The van der Waals surface area contributed by atoms with Crippen LogP contribution in [0.3, 0.4) is 0 Å². The zero-order valence-corrected chi connectivity index (χ0v) is 14.7. The van der Waals surface area contributed by atoms with E-state index in [1.807, 2.05) is 25.1 Å². The number of hydrogen-bond donors (Lipinski definition) is 0. The van der Waals surface area contributed by atoms with Gasteiger partial charge in [0.1, 0.15) is 0 Å². The second-order valence-corrected chi connectivity index (χ2v) is 7.67. The number of para-hydroxylation sites is 1. The van der Waals surface area contributed by atoms with Crippen LogP contribution in [-0.2, 0) is 6.54 Å². The summed E-state index contributed by atoms with van der Waals surface area (Å²) < 4.78 is 3.52. The molecule has 4 nitrogen and oxygen atoms in total. The van der Waals surface area contributed by atoms with E-state index < -0.39 is 0 Å². The molecule has 0 aliphatic carbocycles. The average Bonchev–Trinajstić information content (AvgIpc) is 2.90. The van der Waals surface area contributed by atoms with Crippen LogP contribution >= 0.6 is 0 Å². The van der Waals surface area contributed by atoms with Gasteiger partial charge in [0.25, 0.3) is 0 Å². The number of fused-ring (bicyclic) bond motifs is 4. The van der Waals surface area contributed by atoms with Crippen molar-refractivity contribution < 1.29 is 0 Å². The van der Waals surface area contributed by atoms with Crippen LogP contribution in [0, 0.1) is 13.8 Å². The summed E-state index contributed by atoms with van der Waals surface area (Å²) in [6.45, 7) is 8.19. The Labute approximate surface area is 138 Å². The standard InChI is InChI=1S/C18H15N3OSe/c1-4-9-21-11(3)19-15-14-10(2)12-7-5-6-8-13(12)20-17(14)23-16(15)18(21)22/h4-8H,1,9H2,2-3H3. The Morgan fingerprint density at radius 3 is 2.83 bits per heavy atom. The van der Waals surface area contributed by atoms with Crippen molar-refractivity contribution in [2.75, 3.05) is 0 Å². The molecule has 0 atom stereocenters. The Morgan fingerprint density at radius 1 is 1.26 bits per heavy atom. The number of aryl methyl sites for hydroxylation is 2. The molecule has 0 amide bonds. The molecule has 1 aromatic carbocycles. The van der Waals surface area contributed by atoms with Crippen molar-refractivity contribution in [3.63, 3.8) is 0 Å². The summed E-state index contributed by atoms with van der Waals surface area (Å²) in [5, 5.41) is 2.19. The quantitative estimate of drug-likeness (QED) is 0.404. The van der Waals surface area contributed by atoms with Crippen molar-refractivity contribution in [2.45, 2.75) is 20.4 Å². The predicted molar refractivity (Wildman–Crippen MR) is 95.4 cm³/mol. The van der Waals surface area contributed by atoms with Gasteiger partial charge in [0.2, 0.25) is 0 Å². The van der Waals surface area contributed by atoms with E-state index in [0.717, 1.165) is 36.3 Å². The molecule has 23 heavy (non-hydrogen) atoms. The molecule has 0 fully saturated rings. The Kier molecular flexibility index (Phi) is 3.22. The van der Waals surface area contributed by atoms with Crippen LogP contribution in [0.2, 0.25) is 0 Å².